The first-order valence-electron chi connectivity index (χ1n) is 6.31. The fourth-order valence-corrected chi connectivity index (χ4v) is 2.15. The number of aromatic nitrogens is 4. The second-order valence-corrected chi connectivity index (χ2v) is 4.39. The molecule has 2 heterocycles. The second-order valence-electron chi connectivity index (χ2n) is 4.39. The van der Waals surface area contributed by atoms with E-state index in [9.17, 15) is 4.79 Å². The van der Waals surface area contributed by atoms with Gasteiger partial charge in [-0.3, -0.25) is 4.79 Å². The summed E-state index contributed by atoms with van der Waals surface area (Å²) in [5.74, 6) is 0.454. The van der Waals surface area contributed by atoms with Gasteiger partial charge in [-0.1, -0.05) is 12.1 Å². The largest absolute Gasteiger partial charge is 0.479 e. The number of benzene rings is 1. The van der Waals surface area contributed by atoms with Crippen LogP contribution < -0.4 is 10.1 Å². The zero-order valence-corrected chi connectivity index (χ0v) is 11.4. The van der Waals surface area contributed by atoms with Crippen molar-refractivity contribution in [3.63, 3.8) is 0 Å². The Bertz CT molecular complexity index is 784. The number of imidazole rings is 1. The summed E-state index contributed by atoms with van der Waals surface area (Å²) in [7, 11) is 1.55. The van der Waals surface area contributed by atoms with Crippen molar-refractivity contribution in [1.82, 2.24) is 19.5 Å². The zero-order valence-electron chi connectivity index (χ0n) is 11.4. The predicted molar refractivity (Wildman–Crippen MR) is 77.1 cm³/mol. The number of hydrogen-bond donors (Lipinski definition) is 1. The average molecular weight is 283 g/mol. The molecule has 0 bridgehead atoms. The van der Waals surface area contributed by atoms with Gasteiger partial charge in [0, 0.05) is 5.69 Å². The van der Waals surface area contributed by atoms with E-state index in [0.29, 0.717) is 30.0 Å². The Labute approximate surface area is 120 Å². The third kappa shape index (κ3) is 2.53. The number of carbonyl (C=O) groups excluding carboxylic acids is 1. The number of nitrogens with zero attached hydrogens (tertiary/aromatic N) is 4. The Hall–Kier alpha value is -2.96. The number of nitrogens with one attached hydrogen (secondary N) is 1. The highest BCUT2D eigenvalue weighted by molar-refractivity contribution is 5.76. The maximum Gasteiger partial charge on any atom is 0.245 e. The molecule has 106 valence electrons. The Morgan fingerprint density at radius 2 is 2.24 bits per heavy atom. The highest BCUT2D eigenvalue weighted by Gasteiger charge is 2.10. The van der Waals surface area contributed by atoms with Gasteiger partial charge in [0.05, 0.1) is 20.0 Å². The minimum atomic E-state index is 0.454. The van der Waals surface area contributed by atoms with E-state index in [0.717, 1.165) is 11.3 Å². The molecule has 7 nitrogen and oxygen atoms in total. The van der Waals surface area contributed by atoms with Crippen LogP contribution in [0.5, 0.6) is 5.88 Å². The summed E-state index contributed by atoms with van der Waals surface area (Å²) in [5.41, 5.74) is 3.11. The number of methoxy groups -OCH3 is 1. The monoisotopic (exact) mass is 283 g/mol. The molecule has 1 N–H and O–H groups in total. The van der Waals surface area contributed by atoms with Crippen molar-refractivity contribution in [3.8, 4) is 5.88 Å². The van der Waals surface area contributed by atoms with Crippen LogP contribution in [0.15, 0.2) is 36.9 Å². The molecule has 0 aliphatic rings. The summed E-state index contributed by atoms with van der Waals surface area (Å²) in [6, 6.07) is 7.59. The first-order valence-corrected chi connectivity index (χ1v) is 6.31. The van der Waals surface area contributed by atoms with Gasteiger partial charge >= 0.3 is 0 Å². The average Bonchev–Trinajstić information content (AvgIpc) is 2.91. The molecule has 2 aromatic heterocycles. The highest BCUT2D eigenvalue weighted by atomic mass is 16.5. The van der Waals surface area contributed by atoms with Crippen LogP contribution in [0, 0.1) is 0 Å². The molecule has 0 unspecified atom stereocenters. The first kappa shape index (κ1) is 13.0. The summed E-state index contributed by atoms with van der Waals surface area (Å²) in [5, 5.41) is 2.63. The van der Waals surface area contributed by atoms with Gasteiger partial charge < -0.3 is 14.6 Å². The van der Waals surface area contributed by atoms with Gasteiger partial charge in [0.2, 0.25) is 12.3 Å². The minimum absolute atomic E-state index is 0.454. The molecule has 0 aliphatic heterocycles. The van der Waals surface area contributed by atoms with Crippen molar-refractivity contribution >= 4 is 23.3 Å². The number of anilines is 1. The number of amides is 1. The second kappa shape index (κ2) is 5.58. The summed E-state index contributed by atoms with van der Waals surface area (Å²) in [6.45, 7) is 0.588. The quantitative estimate of drug-likeness (QED) is 0.717. The van der Waals surface area contributed by atoms with E-state index in [4.69, 9.17) is 4.74 Å². The van der Waals surface area contributed by atoms with Crippen molar-refractivity contribution in [2.45, 2.75) is 6.54 Å². The number of fused-ring (bicyclic) bond motifs is 1. The van der Waals surface area contributed by atoms with Crippen LogP contribution in [0.3, 0.4) is 0 Å². The molecule has 0 spiro atoms. The molecule has 7 heteroatoms. The predicted octanol–water partition coefficient (Wildman–Crippen LogP) is 1.45. The lowest BCUT2D eigenvalue weighted by atomic mass is 10.2. The van der Waals surface area contributed by atoms with E-state index in [-0.39, 0.29) is 0 Å². The van der Waals surface area contributed by atoms with Gasteiger partial charge in [-0.05, 0) is 17.7 Å². The van der Waals surface area contributed by atoms with Crippen LogP contribution in [0.2, 0.25) is 0 Å². The molecule has 1 amide bonds. The molecule has 0 aliphatic carbocycles. The van der Waals surface area contributed by atoms with Crippen LogP contribution >= 0.6 is 0 Å². The van der Waals surface area contributed by atoms with Crippen LogP contribution in [0.1, 0.15) is 5.56 Å². The van der Waals surface area contributed by atoms with Gasteiger partial charge in [0.15, 0.2) is 11.2 Å². The Morgan fingerprint density at radius 3 is 3.05 bits per heavy atom. The SMILES string of the molecule is COc1ncnc2c1ncn2Cc1cccc(NC=O)c1. The van der Waals surface area contributed by atoms with Crippen LogP contribution in [0.25, 0.3) is 11.2 Å². The van der Waals surface area contributed by atoms with E-state index in [2.05, 4.69) is 20.3 Å². The molecule has 0 fully saturated rings. The number of ether oxygens (including phenoxy) is 1. The van der Waals surface area contributed by atoms with Crippen molar-refractivity contribution in [3.05, 3.63) is 42.5 Å². The fraction of sp³-hybridized carbons (Fsp3) is 0.143. The van der Waals surface area contributed by atoms with Crippen molar-refractivity contribution in [2.75, 3.05) is 12.4 Å². The van der Waals surface area contributed by atoms with Crippen molar-refractivity contribution in [1.29, 1.82) is 0 Å². The molecule has 0 atom stereocenters. The number of carbonyl (C=O) groups is 1. The van der Waals surface area contributed by atoms with Crippen LogP contribution in [0.4, 0.5) is 5.69 Å². The van der Waals surface area contributed by atoms with Crippen molar-refractivity contribution in [2.24, 2.45) is 0 Å². The van der Waals surface area contributed by atoms with E-state index in [1.165, 1.54) is 6.33 Å². The smallest absolute Gasteiger partial charge is 0.245 e. The van der Waals surface area contributed by atoms with Crippen molar-refractivity contribution < 1.29 is 9.53 Å². The molecule has 21 heavy (non-hydrogen) atoms. The fourth-order valence-electron chi connectivity index (χ4n) is 2.15. The third-order valence-corrected chi connectivity index (χ3v) is 3.07. The van der Waals surface area contributed by atoms with E-state index in [1.807, 2.05) is 28.8 Å². The molecule has 0 saturated carbocycles. The molecule has 0 radical (unpaired) electrons. The van der Waals surface area contributed by atoms with Crippen LogP contribution in [-0.2, 0) is 11.3 Å². The Morgan fingerprint density at radius 1 is 1.33 bits per heavy atom. The van der Waals surface area contributed by atoms with E-state index < -0.39 is 0 Å². The highest BCUT2D eigenvalue weighted by Crippen LogP contribution is 2.20. The van der Waals surface area contributed by atoms with Crippen LogP contribution in [-0.4, -0.2) is 33.0 Å². The van der Waals surface area contributed by atoms with Gasteiger partial charge in [-0.25, -0.2) is 9.97 Å². The minimum Gasteiger partial charge on any atom is -0.479 e. The van der Waals surface area contributed by atoms with Gasteiger partial charge in [0.25, 0.3) is 0 Å². The standard InChI is InChI=1S/C14H13N5O2/c1-21-14-12-13(15-7-16-14)19(8-17-12)6-10-3-2-4-11(5-10)18-9-20/h2-5,7-9H,6H2,1H3,(H,18,20). The summed E-state index contributed by atoms with van der Waals surface area (Å²) in [6.07, 6.45) is 3.80. The summed E-state index contributed by atoms with van der Waals surface area (Å²) < 4.78 is 7.07. The zero-order chi connectivity index (χ0) is 14.7. The molecular formula is C14H13N5O2. The number of hydrogen-bond acceptors (Lipinski definition) is 5. The first-order chi connectivity index (χ1) is 10.3. The summed E-state index contributed by atoms with van der Waals surface area (Å²) in [4.78, 5) is 23.0. The summed E-state index contributed by atoms with van der Waals surface area (Å²) >= 11 is 0. The Kier molecular flexibility index (Phi) is 3.46. The van der Waals surface area contributed by atoms with Gasteiger partial charge in [-0.15, -0.1) is 0 Å². The number of rotatable bonds is 5. The molecular weight excluding hydrogens is 270 g/mol. The molecule has 0 saturated heterocycles. The van der Waals surface area contributed by atoms with Gasteiger partial charge in [-0.2, -0.15) is 4.98 Å². The topological polar surface area (TPSA) is 81.9 Å². The Balaban J connectivity index is 1.95. The van der Waals surface area contributed by atoms with Gasteiger partial charge in [0.1, 0.15) is 6.33 Å². The lowest BCUT2D eigenvalue weighted by molar-refractivity contribution is -0.105. The normalized spacial score (nSPS) is 10.5. The van der Waals surface area contributed by atoms with E-state index >= 15 is 0 Å². The maximum atomic E-state index is 10.5. The molecule has 1 aromatic carbocycles. The third-order valence-electron chi connectivity index (χ3n) is 3.07. The maximum absolute atomic E-state index is 10.5. The van der Waals surface area contributed by atoms with E-state index in [1.54, 1.807) is 13.4 Å². The lowest BCUT2D eigenvalue weighted by Gasteiger charge is -2.06. The molecule has 3 aromatic rings. The lowest BCUT2D eigenvalue weighted by Crippen LogP contribution is -2.01. The molecule has 3 rings (SSSR count).